The van der Waals surface area contributed by atoms with Gasteiger partial charge in [-0.3, -0.25) is 0 Å². The summed E-state index contributed by atoms with van der Waals surface area (Å²) in [4.78, 5) is 8.69. The van der Waals surface area contributed by atoms with Gasteiger partial charge in [0.1, 0.15) is 11.6 Å². The highest BCUT2D eigenvalue weighted by atomic mass is 15.0. The molecule has 0 saturated heterocycles. The molecule has 0 bridgehead atoms. The van der Waals surface area contributed by atoms with Crippen molar-refractivity contribution in [1.82, 2.24) is 15.3 Å². The summed E-state index contributed by atoms with van der Waals surface area (Å²) in [5, 5.41) is 6.44. The molecule has 1 heterocycles. The average Bonchev–Trinajstić information content (AvgIpc) is 2.35. The molecule has 2 aromatic rings. The predicted octanol–water partition coefficient (Wildman–Crippen LogP) is 2.86. The molecule has 0 amide bonds. The minimum Gasteiger partial charge on any atom is -0.340 e. The zero-order valence-corrected chi connectivity index (χ0v) is 11.9. The highest BCUT2D eigenvalue weighted by Gasteiger charge is 2.05. The first kappa shape index (κ1) is 13.5. The Morgan fingerprint density at radius 2 is 1.79 bits per heavy atom. The number of nitrogens with one attached hydrogen (secondary N) is 2. The molecule has 0 spiro atoms. The van der Waals surface area contributed by atoms with Crippen LogP contribution >= 0.6 is 0 Å². The third-order valence-corrected chi connectivity index (χ3v) is 2.97. The average molecular weight is 256 g/mol. The van der Waals surface area contributed by atoms with Crippen LogP contribution in [-0.2, 0) is 6.54 Å². The van der Waals surface area contributed by atoms with E-state index in [9.17, 15) is 0 Å². The molecule has 4 nitrogen and oxygen atoms in total. The van der Waals surface area contributed by atoms with Gasteiger partial charge in [0.2, 0.25) is 0 Å². The van der Waals surface area contributed by atoms with Gasteiger partial charge in [0.15, 0.2) is 0 Å². The van der Waals surface area contributed by atoms with E-state index in [2.05, 4.69) is 53.5 Å². The maximum Gasteiger partial charge on any atom is 0.144 e. The van der Waals surface area contributed by atoms with Gasteiger partial charge < -0.3 is 10.6 Å². The second kappa shape index (κ2) is 5.80. The SMILES string of the molecule is CNCc1nccc(Nc2c(C)cc(C)cc2C)n1. The third kappa shape index (κ3) is 3.29. The van der Waals surface area contributed by atoms with Crippen LogP contribution in [0.2, 0.25) is 0 Å². The predicted molar refractivity (Wildman–Crippen MR) is 78.7 cm³/mol. The molecule has 0 aliphatic carbocycles. The zero-order chi connectivity index (χ0) is 13.8. The van der Waals surface area contributed by atoms with Crippen LogP contribution in [0, 0.1) is 20.8 Å². The van der Waals surface area contributed by atoms with Crippen LogP contribution in [-0.4, -0.2) is 17.0 Å². The molecule has 0 atom stereocenters. The molecule has 0 radical (unpaired) electrons. The van der Waals surface area contributed by atoms with Crippen molar-refractivity contribution in [2.75, 3.05) is 12.4 Å². The number of nitrogens with zero attached hydrogens (tertiary/aromatic N) is 2. The van der Waals surface area contributed by atoms with E-state index in [0.29, 0.717) is 6.54 Å². The molecular formula is C15H20N4. The van der Waals surface area contributed by atoms with Gasteiger partial charge in [-0.25, -0.2) is 9.97 Å². The van der Waals surface area contributed by atoms with Gasteiger partial charge in [-0.05, 0) is 45.0 Å². The minimum atomic E-state index is 0.668. The molecule has 0 saturated carbocycles. The number of aryl methyl sites for hydroxylation is 3. The first-order valence-electron chi connectivity index (χ1n) is 6.41. The lowest BCUT2D eigenvalue weighted by molar-refractivity contribution is 0.759. The molecule has 0 aliphatic rings. The molecule has 100 valence electrons. The Morgan fingerprint density at radius 1 is 1.11 bits per heavy atom. The van der Waals surface area contributed by atoms with Crippen molar-refractivity contribution in [2.45, 2.75) is 27.3 Å². The fourth-order valence-corrected chi connectivity index (χ4v) is 2.22. The molecule has 4 heteroatoms. The van der Waals surface area contributed by atoms with Crippen LogP contribution in [0.1, 0.15) is 22.5 Å². The normalized spacial score (nSPS) is 10.5. The van der Waals surface area contributed by atoms with Crippen molar-refractivity contribution in [2.24, 2.45) is 0 Å². The smallest absolute Gasteiger partial charge is 0.144 e. The highest BCUT2D eigenvalue weighted by Crippen LogP contribution is 2.24. The topological polar surface area (TPSA) is 49.8 Å². The number of rotatable bonds is 4. The van der Waals surface area contributed by atoms with E-state index in [1.54, 1.807) is 6.20 Å². The summed E-state index contributed by atoms with van der Waals surface area (Å²) in [6.07, 6.45) is 1.78. The first-order valence-corrected chi connectivity index (χ1v) is 6.41. The fourth-order valence-electron chi connectivity index (χ4n) is 2.22. The van der Waals surface area contributed by atoms with E-state index in [1.807, 2.05) is 13.1 Å². The van der Waals surface area contributed by atoms with Crippen LogP contribution in [0.4, 0.5) is 11.5 Å². The Labute approximate surface area is 114 Å². The monoisotopic (exact) mass is 256 g/mol. The Morgan fingerprint density at radius 3 is 2.42 bits per heavy atom. The van der Waals surface area contributed by atoms with Crippen LogP contribution < -0.4 is 10.6 Å². The van der Waals surface area contributed by atoms with E-state index < -0.39 is 0 Å². The largest absolute Gasteiger partial charge is 0.340 e. The summed E-state index contributed by atoms with van der Waals surface area (Å²) in [6, 6.07) is 6.23. The van der Waals surface area contributed by atoms with E-state index in [-0.39, 0.29) is 0 Å². The molecule has 2 rings (SSSR count). The Kier molecular flexibility index (Phi) is 4.12. The van der Waals surface area contributed by atoms with Gasteiger partial charge in [0.25, 0.3) is 0 Å². The molecule has 2 N–H and O–H groups in total. The summed E-state index contributed by atoms with van der Waals surface area (Å²) in [7, 11) is 1.89. The summed E-state index contributed by atoms with van der Waals surface area (Å²) >= 11 is 0. The summed E-state index contributed by atoms with van der Waals surface area (Å²) in [5.41, 5.74) is 4.86. The summed E-state index contributed by atoms with van der Waals surface area (Å²) < 4.78 is 0. The van der Waals surface area contributed by atoms with E-state index >= 15 is 0 Å². The maximum absolute atomic E-state index is 4.48. The lowest BCUT2D eigenvalue weighted by Crippen LogP contribution is -2.10. The number of hydrogen-bond acceptors (Lipinski definition) is 4. The maximum atomic E-state index is 4.48. The van der Waals surface area contributed by atoms with Gasteiger partial charge in [-0.1, -0.05) is 17.7 Å². The molecule has 0 unspecified atom stereocenters. The molecular weight excluding hydrogens is 236 g/mol. The number of aromatic nitrogens is 2. The fraction of sp³-hybridized carbons (Fsp3) is 0.333. The quantitative estimate of drug-likeness (QED) is 0.883. The van der Waals surface area contributed by atoms with Gasteiger partial charge in [-0.15, -0.1) is 0 Å². The summed E-state index contributed by atoms with van der Waals surface area (Å²) in [5.74, 6) is 1.62. The van der Waals surface area contributed by atoms with Gasteiger partial charge in [-0.2, -0.15) is 0 Å². The number of benzene rings is 1. The minimum absolute atomic E-state index is 0.668. The van der Waals surface area contributed by atoms with E-state index in [4.69, 9.17) is 0 Å². The van der Waals surface area contributed by atoms with Crippen LogP contribution in [0.15, 0.2) is 24.4 Å². The molecule has 1 aromatic heterocycles. The highest BCUT2D eigenvalue weighted by molar-refractivity contribution is 5.65. The molecule has 0 fully saturated rings. The standard InChI is InChI=1S/C15H20N4/c1-10-7-11(2)15(12(3)8-10)19-13-5-6-17-14(18-13)9-16-4/h5-8,16H,9H2,1-4H3,(H,17,18,19). The Hall–Kier alpha value is -1.94. The van der Waals surface area contributed by atoms with E-state index in [0.717, 1.165) is 17.3 Å². The third-order valence-electron chi connectivity index (χ3n) is 2.97. The summed E-state index contributed by atoms with van der Waals surface area (Å²) in [6.45, 7) is 7.00. The Bertz CT molecular complexity index is 555. The van der Waals surface area contributed by atoms with Gasteiger partial charge >= 0.3 is 0 Å². The zero-order valence-electron chi connectivity index (χ0n) is 11.9. The molecule has 1 aromatic carbocycles. The van der Waals surface area contributed by atoms with Crippen LogP contribution in [0.3, 0.4) is 0 Å². The van der Waals surface area contributed by atoms with Crippen molar-refractivity contribution in [3.05, 3.63) is 46.9 Å². The first-order chi connectivity index (χ1) is 9.10. The molecule has 19 heavy (non-hydrogen) atoms. The van der Waals surface area contributed by atoms with Crippen molar-refractivity contribution in [3.63, 3.8) is 0 Å². The van der Waals surface area contributed by atoms with Gasteiger partial charge in [0, 0.05) is 11.9 Å². The van der Waals surface area contributed by atoms with Crippen LogP contribution in [0.25, 0.3) is 0 Å². The van der Waals surface area contributed by atoms with Crippen molar-refractivity contribution >= 4 is 11.5 Å². The number of anilines is 2. The van der Waals surface area contributed by atoms with Crippen LogP contribution in [0.5, 0.6) is 0 Å². The second-order valence-electron chi connectivity index (χ2n) is 4.79. The second-order valence-corrected chi connectivity index (χ2v) is 4.79. The number of hydrogen-bond donors (Lipinski definition) is 2. The van der Waals surface area contributed by atoms with Crippen molar-refractivity contribution in [3.8, 4) is 0 Å². The van der Waals surface area contributed by atoms with Gasteiger partial charge in [0.05, 0.1) is 6.54 Å². The van der Waals surface area contributed by atoms with Crippen molar-refractivity contribution in [1.29, 1.82) is 0 Å². The lowest BCUT2D eigenvalue weighted by atomic mass is 10.1. The Balaban J connectivity index is 2.28. The van der Waals surface area contributed by atoms with Crippen molar-refractivity contribution < 1.29 is 0 Å². The van der Waals surface area contributed by atoms with E-state index in [1.165, 1.54) is 16.7 Å². The molecule has 0 aliphatic heterocycles. The lowest BCUT2D eigenvalue weighted by Gasteiger charge is -2.13.